The number of thiophene rings is 1. The molecule has 0 radical (unpaired) electrons. The molecule has 2 aromatic rings. The molecule has 0 aliphatic carbocycles. The smallest absolute Gasteiger partial charge is 0.191 e. The van der Waals surface area contributed by atoms with Gasteiger partial charge in [-0.2, -0.15) is 0 Å². The van der Waals surface area contributed by atoms with Crippen molar-refractivity contribution in [2.24, 2.45) is 5.73 Å². The van der Waals surface area contributed by atoms with Crippen molar-refractivity contribution in [2.45, 2.75) is 16.5 Å². The molecule has 2 N–H and O–H groups in total. The van der Waals surface area contributed by atoms with Crippen molar-refractivity contribution < 1.29 is 12.8 Å². The van der Waals surface area contributed by atoms with Gasteiger partial charge in [-0.15, -0.1) is 11.3 Å². The lowest BCUT2D eigenvalue weighted by Crippen LogP contribution is -2.05. The first-order valence-corrected chi connectivity index (χ1v) is 7.79. The molecule has 0 aliphatic rings. The summed E-state index contributed by atoms with van der Waals surface area (Å²) in [5, 5.41) is 1.70. The van der Waals surface area contributed by atoms with E-state index in [9.17, 15) is 12.8 Å². The van der Waals surface area contributed by atoms with E-state index in [1.54, 1.807) is 23.6 Å². The van der Waals surface area contributed by atoms with Gasteiger partial charge >= 0.3 is 0 Å². The Labute approximate surface area is 109 Å². The number of rotatable bonds is 4. The predicted octanol–water partition coefficient (Wildman–Crippen LogP) is 2.32. The summed E-state index contributed by atoms with van der Waals surface area (Å²) in [7, 11) is -3.40. The first kappa shape index (κ1) is 13.2. The van der Waals surface area contributed by atoms with Crippen LogP contribution in [0.1, 0.15) is 11.1 Å². The highest BCUT2D eigenvalue weighted by Gasteiger charge is 2.17. The standard InChI is InChI=1S/C12H12FNO2S2/c13-11-5-9(7-14)4-10(6-11)8-18(15,16)12-2-1-3-17-12/h1-6H,7-8,14H2. The Morgan fingerprint density at radius 3 is 2.56 bits per heavy atom. The van der Waals surface area contributed by atoms with Gasteiger partial charge < -0.3 is 5.73 Å². The van der Waals surface area contributed by atoms with Gasteiger partial charge in [0.25, 0.3) is 0 Å². The second-order valence-corrected chi connectivity index (χ2v) is 7.03. The Kier molecular flexibility index (Phi) is 3.79. The molecular weight excluding hydrogens is 273 g/mol. The SMILES string of the molecule is NCc1cc(F)cc(CS(=O)(=O)c2cccs2)c1. The van der Waals surface area contributed by atoms with E-state index in [0.29, 0.717) is 15.3 Å². The Balaban J connectivity index is 2.32. The Hall–Kier alpha value is -1.24. The summed E-state index contributed by atoms with van der Waals surface area (Å²) >= 11 is 1.16. The summed E-state index contributed by atoms with van der Waals surface area (Å²) in [6.07, 6.45) is 0. The first-order chi connectivity index (χ1) is 8.51. The second-order valence-electron chi connectivity index (χ2n) is 3.86. The average molecular weight is 285 g/mol. The lowest BCUT2D eigenvalue weighted by atomic mass is 10.1. The van der Waals surface area contributed by atoms with Gasteiger partial charge in [0, 0.05) is 6.54 Å². The summed E-state index contributed by atoms with van der Waals surface area (Å²) in [4.78, 5) is 0. The highest BCUT2D eigenvalue weighted by molar-refractivity contribution is 7.92. The van der Waals surface area contributed by atoms with Crippen molar-refractivity contribution in [1.29, 1.82) is 0 Å². The van der Waals surface area contributed by atoms with Crippen molar-refractivity contribution in [1.82, 2.24) is 0 Å². The van der Waals surface area contributed by atoms with Gasteiger partial charge in [-0.1, -0.05) is 12.1 Å². The molecule has 2 rings (SSSR count). The van der Waals surface area contributed by atoms with Gasteiger partial charge in [-0.3, -0.25) is 0 Å². The molecule has 0 aliphatic heterocycles. The molecule has 0 spiro atoms. The van der Waals surface area contributed by atoms with Crippen LogP contribution in [0.4, 0.5) is 4.39 Å². The molecule has 0 saturated heterocycles. The molecule has 1 aromatic carbocycles. The van der Waals surface area contributed by atoms with Gasteiger partial charge in [0.05, 0.1) is 5.75 Å². The summed E-state index contributed by atoms with van der Waals surface area (Å²) in [5.41, 5.74) is 6.44. The molecule has 6 heteroatoms. The maximum absolute atomic E-state index is 13.3. The van der Waals surface area contributed by atoms with Crippen molar-refractivity contribution in [3.05, 3.63) is 52.7 Å². The van der Waals surface area contributed by atoms with Crippen LogP contribution < -0.4 is 5.73 Å². The van der Waals surface area contributed by atoms with E-state index in [-0.39, 0.29) is 12.3 Å². The zero-order chi connectivity index (χ0) is 13.2. The van der Waals surface area contributed by atoms with E-state index < -0.39 is 15.7 Å². The molecule has 0 amide bonds. The molecule has 0 atom stereocenters. The maximum Gasteiger partial charge on any atom is 0.191 e. The zero-order valence-electron chi connectivity index (χ0n) is 9.47. The number of nitrogens with two attached hydrogens (primary N) is 1. The number of benzene rings is 1. The maximum atomic E-state index is 13.3. The molecule has 0 bridgehead atoms. The van der Waals surface area contributed by atoms with Crippen LogP contribution in [0.25, 0.3) is 0 Å². The van der Waals surface area contributed by atoms with Gasteiger partial charge in [-0.05, 0) is 34.7 Å². The van der Waals surface area contributed by atoms with E-state index >= 15 is 0 Å². The van der Waals surface area contributed by atoms with E-state index in [4.69, 9.17) is 5.73 Å². The lowest BCUT2D eigenvalue weighted by molar-refractivity contribution is 0.596. The van der Waals surface area contributed by atoms with Crippen LogP contribution in [0, 0.1) is 5.82 Å². The predicted molar refractivity (Wildman–Crippen MR) is 69.5 cm³/mol. The minimum Gasteiger partial charge on any atom is -0.326 e. The third-order valence-electron chi connectivity index (χ3n) is 2.41. The summed E-state index contributed by atoms with van der Waals surface area (Å²) in [6, 6.07) is 7.37. The van der Waals surface area contributed by atoms with Crippen molar-refractivity contribution in [3.63, 3.8) is 0 Å². The monoisotopic (exact) mass is 285 g/mol. The normalized spacial score (nSPS) is 11.7. The molecule has 1 aromatic heterocycles. The third kappa shape index (κ3) is 2.95. The van der Waals surface area contributed by atoms with Crippen molar-refractivity contribution >= 4 is 21.2 Å². The third-order valence-corrected chi connectivity index (χ3v) is 5.59. The molecule has 1 heterocycles. The Bertz CT molecular complexity index is 636. The van der Waals surface area contributed by atoms with Crippen LogP contribution in [0.15, 0.2) is 39.9 Å². The quantitative estimate of drug-likeness (QED) is 0.937. The van der Waals surface area contributed by atoms with Crippen LogP contribution in [0.3, 0.4) is 0 Å². The van der Waals surface area contributed by atoms with Crippen LogP contribution in [-0.2, 0) is 22.1 Å². The molecule has 0 saturated carbocycles. The minimum atomic E-state index is -3.40. The summed E-state index contributed by atoms with van der Waals surface area (Å²) in [5.74, 6) is -0.674. The molecule has 0 fully saturated rings. The number of sulfone groups is 1. The lowest BCUT2D eigenvalue weighted by Gasteiger charge is -2.05. The van der Waals surface area contributed by atoms with Gasteiger partial charge in [0.1, 0.15) is 10.0 Å². The van der Waals surface area contributed by atoms with E-state index in [0.717, 1.165) is 11.3 Å². The Morgan fingerprint density at radius 1 is 1.22 bits per heavy atom. The van der Waals surface area contributed by atoms with E-state index in [1.807, 2.05) is 0 Å². The van der Waals surface area contributed by atoms with Crippen molar-refractivity contribution in [2.75, 3.05) is 0 Å². The number of halogens is 1. The fourth-order valence-corrected chi connectivity index (χ4v) is 4.06. The van der Waals surface area contributed by atoms with Crippen LogP contribution in [0.5, 0.6) is 0 Å². The van der Waals surface area contributed by atoms with Gasteiger partial charge in [0.15, 0.2) is 9.84 Å². The summed E-state index contributed by atoms with van der Waals surface area (Å²) in [6.45, 7) is 0.184. The number of hydrogen-bond donors (Lipinski definition) is 1. The van der Waals surface area contributed by atoms with Crippen LogP contribution >= 0.6 is 11.3 Å². The average Bonchev–Trinajstić information content (AvgIpc) is 2.81. The first-order valence-electron chi connectivity index (χ1n) is 5.26. The van der Waals surface area contributed by atoms with Gasteiger partial charge in [0.2, 0.25) is 0 Å². The Morgan fingerprint density at radius 2 is 1.94 bits per heavy atom. The fourth-order valence-electron chi connectivity index (χ4n) is 1.65. The highest BCUT2D eigenvalue weighted by Crippen LogP contribution is 2.22. The topological polar surface area (TPSA) is 60.2 Å². The largest absolute Gasteiger partial charge is 0.326 e. The summed E-state index contributed by atoms with van der Waals surface area (Å²) < 4.78 is 37.6. The second kappa shape index (κ2) is 5.17. The van der Waals surface area contributed by atoms with E-state index in [2.05, 4.69) is 0 Å². The fraction of sp³-hybridized carbons (Fsp3) is 0.167. The van der Waals surface area contributed by atoms with Gasteiger partial charge in [-0.25, -0.2) is 12.8 Å². The van der Waals surface area contributed by atoms with Crippen molar-refractivity contribution in [3.8, 4) is 0 Å². The molecule has 0 unspecified atom stereocenters. The minimum absolute atomic E-state index is 0.184. The zero-order valence-corrected chi connectivity index (χ0v) is 11.1. The van der Waals surface area contributed by atoms with E-state index in [1.165, 1.54) is 12.1 Å². The molecule has 18 heavy (non-hydrogen) atoms. The highest BCUT2D eigenvalue weighted by atomic mass is 32.2. The molecule has 3 nitrogen and oxygen atoms in total. The molecule has 96 valence electrons. The van der Waals surface area contributed by atoms with Crippen LogP contribution in [-0.4, -0.2) is 8.42 Å². The van der Waals surface area contributed by atoms with Crippen LogP contribution in [0.2, 0.25) is 0 Å². The number of hydrogen-bond acceptors (Lipinski definition) is 4. The molecular formula is C12H12FNO2S2.